The van der Waals surface area contributed by atoms with E-state index >= 15 is 0 Å². The van der Waals surface area contributed by atoms with Gasteiger partial charge in [0.05, 0.1) is 0 Å². The number of rotatable bonds is 3. The summed E-state index contributed by atoms with van der Waals surface area (Å²) in [5.41, 5.74) is 6.51. The van der Waals surface area contributed by atoms with Crippen LogP contribution in [-0.4, -0.2) is 24.5 Å². The highest BCUT2D eigenvalue weighted by Gasteiger charge is 2.23. The van der Waals surface area contributed by atoms with Crippen molar-refractivity contribution >= 4 is 5.57 Å². The smallest absolute Gasteiger partial charge is 0.0199 e. The zero-order valence-electron chi connectivity index (χ0n) is 11.4. The van der Waals surface area contributed by atoms with Gasteiger partial charge in [0.2, 0.25) is 0 Å². The summed E-state index contributed by atoms with van der Waals surface area (Å²) in [7, 11) is 0. The summed E-state index contributed by atoms with van der Waals surface area (Å²) in [6, 6.07) is 9.01. The van der Waals surface area contributed by atoms with E-state index in [-0.39, 0.29) is 0 Å². The first-order chi connectivity index (χ1) is 8.88. The molecule has 1 heteroatoms. The van der Waals surface area contributed by atoms with Gasteiger partial charge in [-0.15, -0.1) is 0 Å². The molecule has 0 saturated carbocycles. The lowest BCUT2D eigenvalue weighted by molar-refractivity contribution is 0.285. The molecule has 1 aromatic rings. The number of nitrogens with zero attached hydrogens (tertiary/aromatic N) is 1. The van der Waals surface area contributed by atoms with Gasteiger partial charge >= 0.3 is 0 Å². The first-order valence-corrected chi connectivity index (χ1v) is 7.40. The van der Waals surface area contributed by atoms with Gasteiger partial charge in [-0.2, -0.15) is 0 Å². The van der Waals surface area contributed by atoms with Crippen LogP contribution in [0.5, 0.6) is 0 Å². The van der Waals surface area contributed by atoms with Gasteiger partial charge in [0, 0.05) is 13.1 Å². The zero-order chi connectivity index (χ0) is 12.4. The van der Waals surface area contributed by atoms with Gasteiger partial charge in [0.1, 0.15) is 0 Å². The molecule has 0 N–H and O–H groups in total. The van der Waals surface area contributed by atoms with Gasteiger partial charge in [0.15, 0.2) is 0 Å². The van der Waals surface area contributed by atoms with E-state index in [4.69, 9.17) is 0 Å². The molecule has 0 bridgehead atoms. The van der Waals surface area contributed by atoms with Crippen molar-refractivity contribution in [1.82, 2.24) is 4.90 Å². The minimum Gasteiger partial charge on any atom is -0.299 e. The highest BCUT2D eigenvalue weighted by Crippen LogP contribution is 2.36. The van der Waals surface area contributed by atoms with Crippen LogP contribution in [0.15, 0.2) is 29.8 Å². The van der Waals surface area contributed by atoms with Crippen LogP contribution in [0.2, 0.25) is 0 Å². The number of unbranched alkanes of at least 4 members (excludes halogenated alkanes) is 1. The molecule has 0 spiro atoms. The molecule has 0 unspecified atom stereocenters. The summed E-state index contributed by atoms with van der Waals surface area (Å²) in [5.74, 6) is 0. The Morgan fingerprint density at radius 1 is 1.11 bits per heavy atom. The zero-order valence-corrected chi connectivity index (χ0v) is 11.4. The Balaban J connectivity index is 1.81. The number of hydrogen-bond donors (Lipinski definition) is 0. The Morgan fingerprint density at radius 3 is 2.89 bits per heavy atom. The summed E-state index contributed by atoms with van der Waals surface area (Å²) in [6.45, 7) is 6.05. The SMILES string of the molecule is CCCCN1CCC2=C(CCc3ccccc32)C1. The van der Waals surface area contributed by atoms with Crippen LogP contribution in [0.4, 0.5) is 0 Å². The quantitative estimate of drug-likeness (QED) is 0.776. The Morgan fingerprint density at radius 2 is 2.00 bits per heavy atom. The van der Waals surface area contributed by atoms with Crippen molar-refractivity contribution in [2.24, 2.45) is 0 Å². The second-order valence-electron chi connectivity index (χ2n) is 5.62. The molecule has 0 aromatic heterocycles. The highest BCUT2D eigenvalue weighted by atomic mass is 15.1. The van der Waals surface area contributed by atoms with Crippen LogP contribution in [0, 0.1) is 0 Å². The van der Waals surface area contributed by atoms with Crippen molar-refractivity contribution in [3.05, 3.63) is 41.0 Å². The molecule has 18 heavy (non-hydrogen) atoms. The summed E-state index contributed by atoms with van der Waals surface area (Å²) < 4.78 is 0. The number of fused-ring (bicyclic) bond motifs is 2. The first-order valence-electron chi connectivity index (χ1n) is 7.40. The van der Waals surface area contributed by atoms with Gasteiger partial charge in [-0.25, -0.2) is 0 Å². The van der Waals surface area contributed by atoms with Crippen LogP contribution in [0.1, 0.15) is 43.7 Å². The number of aryl methyl sites for hydroxylation is 1. The Bertz CT molecular complexity index is 458. The fourth-order valence-corrected chi connectivity index (χ4v) is 3.34. The lowest BCUT2D eigenvalue weighted by Gasteiger charge is -2.34. The predicted octanol–water partition coefficient (Wildman–Crippen LogP) is 3.89. The summed E-state index contributed by atoms with van der Waals surface area (Å²) in [6.07, 6.45) is 6.45. The molecule has 0 amide bonds. The molecule has 0 fully saturated rings. The number of benzene rings is 1. The fraction of sp³-hybridized carbons (Fsp3) is 0.529. The maximum atomic E-state index is 2.65. The molecule has 1 nitrogen and oxygen atoms in total. The minimum atomic E-state index is 1.23. The monoisotopic (exact) mass is 241 g/mol. The van der Waals surface area contributed by atoms with Crippen molar-refractivity contribution in [1.29, 1.82) is 0 Å². The first kappa shape index (κ1) is 12.0. The lowest BCUT2D eigenvalue weighted by Crippen LogP contribution is -2.33. The van der Waals surface area contributed by atoms with Gasteiger partial charge in [-0.3, -0.25) is 4.90 Å². The fourth-order valence-electron chi connectivity index (χ4n) is 3.34. The van der Waals surface area contributed by atoms with E-state index in [1.54, 1.807) is 22.3 Å². The second kappa shape index (κ2) is 5.27. The molecule has 96 valence electrons. The minimum absolute atomic E-state index is 1.23. The Labute approximate surface area is 111 Å². The van der Waals surface area contributed by atoms with E-state index in [9.17, 15) is 0 Å². The maximum absolute atomic E-state index is 2.65. The van der Waals surface area contributed by atoms with Crippen LogP contribution >= 0.6 is 0 Å². The van der Waals surface area contributed by atoms with Crippen molar-refractivity contribution < 1.29 is 0 Å². The molecule has 1 aromatic carbocycles. The summed E-state index contributed by atoms with van der Waals surface area (Å²) in [4.78, 5) is 2.65. The van der Waals surface area contributed by atoms with Crippen LogP contribution in [0.25, 0.3) is 5.57 Å². The molecule has 1 heterocycles. The van der Waals surface area contributed by atoms with E-state index in [2.05, 4.69) is 36.1 Å². The second-order valence-corrected chi connectivity index (χ2v) is 5.62. The molecule has 1 aliphatic carbocycles. The molecule has 0 saturated heterocycles. The Kier molecular flexibility index (Phi) is 3.51. The summed E-state index contributed by atoms with van der Waals surface area (Å²) >= 11 is 0. The standard InChI is InChI=1S/C17H23N/c1-2-3-11-18-12-10-17-15(13-18)9-8-14-6-4-5-7-16(14)17/h4-7H,2-3,8-13H2,1H3. The third kappa shape index (κ3) is 2.24. The molecule has 3 rings (SSSR count). The summed E-state index contributed by atoms with van der Waals surface area (Å²) in [5, 5.41) is 0. The van der Waals surface area contributed by atoms with Gasteiger partial charge in [-0.1, -0.05) is 43.2 Å². The normalized spacial score (nSPS) is 19.6. The molecular formula is C17H23N. The van der Waals surface area contributed by atoms with Crippen LogP contribution < -0.4 is 0 Å². The topological polar surface area (TPSA) is 3.24 Å². The Hall–Kier alpha value is -1.08. The predicted molar refractivity (Wildman–Crippen MR) is 77.6 cm³/mol. The molecule has 1 aliphatic heterocycles. The van der Waals surface area contributed by atoms with Crippen LogP contribution in [-0.2, 0) is 6.42 Å². The van der Waals surface area contributed by atoms with E-state index in [1.807, 2.05) is 0 Å². The molecular weight excluding hydrogens is 218 g/mol. The average Bonchev–Trinajstić information content (AvgIpc) is 2.44. The molecule has 0 radical (unpaired) electrons. The van der Waals surface area contributed by atoms with E-state index in [1.165, 1.54) is 51.7 Å². The third-order valence-corrected chi connectivity index (χ3v) is 4.39. The van der Waals surface area contributed by atoms with E-state index in [0.717, 1.165) is 0 Å². The van der Waals surface area contributed by atoms with Gasteiger partial charge in [-0.05, 0) is 48.9 Å². The van der Waals surface area contributed by atoms with Gasteiger partial charge < -0.3 is 0 Å². The van der Waals surface area contributed by atoms with Crippen LogP contribution in [0.3, 0.4) is 0 Å². The molecule has 2 aliphatic rings. The van der Waals surface area contributed by atoms with Crippen molar-refractivity contribution in [2.45, 2.75) is 39.0 Å². The molecule has 0 atom stereocenters. The van der Waals surface area contributed by atoms with E-state index < -0.39 is 0 Å². The van der Waals surface area contributed by atoms with Crippen molar-refractivity contribution in [3.8, 4) is 0 Å². The lowest BCUT2D eigenvalue weighted by atomic mass is 9.82. The largest absolute Gasteiger partial charge is 0.299 e. The maximum Gasteiger partial charge on any atom is 0.0199 e. The van der Waals surface area contributed by atoms with E-state index in [0.29, 0.717) is 0 Å². The number of hydrogen-bond acceptors (Lipinski definition) is 1. The van der Waals surface area contributed by atoms with Crippen molar-refractivity contribution in [2.75, 3.05) is 19.6 Å². The highest BCUT2D eigenvalue weighted by molar-refractivity contribution is 5.74. The average molecular weight is 241 g/mol. The third-order valence-electron chi connectivity index (χ3n) is 4.39. The van der Waals surface area contributed by atoms with Crippen molar-refractivity contribution in [3.63, 3.8) is 0 Å². The van der Waals surface area contributed by atoms with Gasteiger partial charge in [0.25, 0.3) is 0 Å².